The zero-order valence-electron chi connectivity index (χ0n) is 9.14. The molecular formula is C12H14N2OS. The van der Waals surface area contributed by atoms with Gasteiger partial charge in [-0.2, -0.15) is 0 Å². The molecule has 0 saturated carbocycles. The fourth-order valence-corrected chi connectivity index (χ4v) is 2.21. The number of nitrogens with one attached hydrogen (secondary N) is 1. The van der Waals surface area contributed by atoms with Gasteiger partial charge >= 0.3 is 0 Å². The zero-order chi connectivity index (χ0) is 11.4. The van der Waals surface area contributed by atoms with Gasteiger partial charge in [0.2, 0.25) is 5.91 Å². The molecule has 1 heterocycles. The van der Waals surface area contributed by atoms with Gasteiger partial charge < -0.3 is 10.2 Å². The minimum absolute atomic E-state index is 0.0291. The molecule has 0 bridgehead atoms. The van der Waals surface area contributed by atoms with E-state index < -0.39 is 0 Å². The number of nitrogens with zero attached hydrogens (tertiary/aromatic N) is 1. The van der Waals surface area contributed by atoms with Gasteiger partial charge in [-0.25, -0.2) is 0 Å². The Balaban J connectivity index is 1.92. The molecule has 0 aliphatic carbocycles. The van der Waals surface area contributed by atoms with Crippen LogP contribution in [0.3, 0.4) is 0 Å². The molecule has 1 amide bonds. The molecule has 0 aromatic heterocycles. The highest BCUT2D eigenvalue weighted by Crippen LogP contribution is 2.16. The smallest absolute Gasteiger partial charge is 0.243 e. The molecule has 1 aliphatic rings. The number of para-hydroxylation sites is 1. The van der Waals surface area contributed by atoms with E-state index in [1.54, 1.807) is 11.8 Å². The average molecular weight is 234 g/mol. The van der Waals surface area contributed by atoms with Crippen LogP contribution in [0.25, 0.3) is 0 Å². The van der Waals surface area contributed by atoms with Crippen molar-refractivity contribution in [2.45, 2.75) is 6.92 Å². The van der Waals surface area contributed by atoms with Gasteiger partial charge in [0.15, 0.2) is 0 Å². The molecular weight excluding hydrogens is 220 g/mol. The topological polar surface area (TPSA) is 32.3 Å². The van der Waals surface area contributed by atoms with Crippen LogP contribution in [0.1, 0.15) is 5.56 Å². The molecule has 1 aromatic rings. The summed E-state index contributed by atoms with van der Waals surface area (Å²) < 4.78 is 0. The maximum atomic E-state index is 11.7. The van der Waals surface area contributed by atoms with E-state index in [9.17, 15) is 4.79 Å². The molecule has 0 spiro atoms. The van der Waals surface area contributed by atoms with Gasteiger partial charge in [0.25, 0.3) is 0 Å². The lowest BCUT2D eigenvalue weighted by Gasteiger charge is -2.14. The summed E-state index contributed by atoms with van der Waals surface area (Å²) in [6.45, 7) is 2.40. The Labute approximate surface area is 99.5 Å². The van der Waals surface area contributed by atoms with Crippen molar-refractivity contribution in [2.75, 3.05) is 17.7 Å². The Morgan fingerprint density at radius 2 is 2.31 bits per heavy atom. The van der Waals surface area contributed by atoms with E-state index in [1.165, 1.54) is 0 Å². The number of hydrogen-bond acceptors (Lipinski definition) is 3. The van der Waals surface area contributed by atoms with Crippen molar-refractivity contribution in [2.24, 2.45) is 0 Å². The first kappa shape index (κ1) is 11.1. The molecule has 0 fully saturated rings. The molecule has 0 atom stereocenters. The van der Waals surface area contributed by atoms with Crippen LogP contribution in [0.2, 0.25) is 0 Å². The molecule has 0 radical (unpaired) electrons. The van der Waals surface area contributed by atoms with E-state index in [-0.39, 0.29) is 5.91 Å². The molecule has 1 aromatic carbocycles. The van der Waals surface area contributed by atoms with Gasteiger partial charge in [-0.3, -0.25) is 4.79 Å². The SMILES string of the molecule is Cc1ccccc1NC(=O)CN1C=CSC1. The number of hydrogen-bond donors (Lipinski definition) is 1. The summed E-state index contributed by atoms with van der Waals surface area (Å²) in [5.74, 6) is 0.891. The number of carbonyl (C=O) groups is 1. The Morgan fingerprint density at radius 3 is 3.00 bits per heavy atom. The molecule has 2 rings (SSSR count). The van der Waals surface area contributed by atoms with E-state index in [1.807, 2.05) is 47.7 Å². The highest BCUT2D eigenvalue weighted by Gasteiger charge is 2.10. The van der Waals surface area contributed by atoms with Crippen LogP contribution in [0, 0.1) is 6.92 Å². The summed E-state index contributed by atoms with van der Waals surface area (Å²) in [5, 5.41) is 4.91. The Kier molecular flexibility index (Phi) is 3.51. The van der Waals surface area contributed by atoms with Crippen LogP contribution in [0.5, 0.6) is 0 Å². The lowest BCUT2D eigenvalue weighted by Crippen LogP contribution is -2.27. The van der Waals surface area contributed by atoms with Crippen LogP contribution in [-0.4, -0.2) is 23.2 Å². The Bertz CT molecular complexity index is 417. The average Bonchev–Trinajstić information content (AvgIpc) is 2.74. The maximum absolute atomic E-state index is 11.7. The van der Waals surface area contributed by atoms with E-state index in [4.69, 9.17) is 0 Å². The van der Waals surface area contributed by atoms with Crippen LogP contribution >= 0.6 is 11.8 Å². The molecule has 4 heteroatoms. The normalized spacial score (nSPS) is 14.2. The van der Waals surface area contributed by atoms with Crippen molar-refractivity contribution in [1.29, 1.82) is 0 Å². The Morgan fingerprint density at radius 1 is 1.50 bits per heavy atom. The van der Waals surface area contributed by atoms with E-state index >= 15 is 0 Å². The first-order chi connectivity index (χ1) is 7.75. The van der Waals surface area contributed by atoms with Crippen molar-refractivity contribution < 1.29 is 4.79 Å². The van der Waals surface area contributed by atoms with Gasteiger partial charge in [0.05, 0.1) is 12.4 Å². The lowest BCUT2D eigenvalue weighted by atomic mass is 10.2. The van der Waals surface area contributed by atoms with Crippen LogP contribution in [0.4, 0.5) is 5.69 Å². The molecule has 3 nitrogen and oxygen atoms in total. The first-order valence-corrected chi connectivity index (χ1v) is 6.18. The molecule has 0 saturated heterocycles. The van der Waals surface area contributed by atoms with Gasteiger partial charge in [-0.15, -0.1) is 11.8 Å². The van der Waals surface area contributed by atoms with Crippen molar-refractivity contribution in [3.63, 3.8) is 0 Å². The predicted molar refractivity (Wildman–Crippen MR) is 68.1 cm³/mol. The third-order valence-corrected chi connectivity index (χ3v) is 3.17. The summed E-state index contributed by atoms with van der Waals surface area (Å²) in [4.78, 5) is 13.7. The monoisotopic (exact) mass is 234 g/mol. The zero-order valence-corrected chi connectivity index (χ0v) is 9.96. The second-order valence-electron chi connectivity index (χ2n) is 3.69. The number of carbonyl (C=O) groups excluding carboxylic acids is 1. The fourth-order valence-electron chi connectivity index (χ4n) is 1.50. The second kappa shape index (κ2) is 5.07. The number of benzene rings is 1. The summed E-state index contributed by atoms with van der Waals surface area (Å²) in [5.41, 5.74) is 1.98. The van der Waals surface area contributed by atoms with E-state index in [0.29, 0.717) is 6.54 Å². The molecule has 1 aliphatic heterocycles. The van der Waals surface area contributed by atoms with E-state index in [2.05, 4.69) is 5.32 Å². The van der Waals surface area contributed by atoms with Crippen molar-refractivity contribution in [3.8, 4) is 0 Å². The van der Waals surface area contributed by atoms with E-state index in [0.717, 1.165) is 17.1 Å². The highest BCUT2D eigenvalue weighted by atomic mass is 32.2. The quantitative estimate of drug-likeness (QED) is 0.871. The van der Waals surface area contributed by atoms with Crippen molar-refractivity contribution in [1.82, 2.24) is 4.90 Å². The van der Waals surface area contributed by atoms with Crippen molar-refractivity contribution in [3.05, 3.63) is 41.4 Å². The Hall–Kier alpha value is -1.42. The first-order valence-electron chi connectivity index (χ1n) is 5.13. The second-order valence-corrected chi connectivity index (χ2v) is 4.55. The molecule has 16 heavy (non-hydrogen) atoms. The van der Waals surface area contributed by atoms with Gasteiger partial charge in [0.1, 0.15) is 0 Å². The maximum Gasteiger partial charge on any atom is 0.243 e. The van der Waals surface area contributed by atoms with Crippen LogP contribution in [-0.2, 0) is 4.79 Å². The lowest BCUT2D eigenvalue weighted by molar-refractivity contribution is -0.116. The summed E-state index contributed by atoms with van der Waals surface area (Å²) in [7, 11) is 0. The van der Waals surface area contributed by atoms with Crippen LogP contribution < -0.4 is 5.32 Å². The third kappa shape index (κ3) is 2.79. The number of rotatable bonds is 3. The summed E-state index contributed by atoms with van der Waals surface area (Å²) in [6.07, 6.45) is 1.95. The number of thioether (sulfide) groups is 1. The van der Waals surface area contributed by atoms with Gasteiger partial charge in [-0.1, -0.05) is 18.2 Å². The predicted octanol–water partition coefficient (Wildman–Crippen LogP) is 2.41. The third-order valence-electron chi connectivity index (χ3n) is 2.37. The number of amides is 1. The fraction of sp³-hybridized carbons (Fsp3) is 0.250. The van der Waals surface area contributed by atoms with Crippen molar-refractivity contribution >= 4 is 23.4 Å². The molecule has 0 unspecified atom stereocenters. The summed E-state index contributed by atoms with van der Waals surface area (Å²) in [6, 6.07) is 7.79. The van der Waals surface area contributed by atoms with Gasteiger partial charge in [-0.05, 0) is 24.0 Å². The number of anilines is 1. The van der Waals surface area contributed by atoms with Gasteiger partial charge in [0, 0.05) is 11.9 Å². The van der Waals surface area contributed by atoms with Crippen LogP contribution in [0.15, 0.2) is 35.9 Å². The largest absolute Gasteiger partial charge is 0.358 e. The minimum atomic E-state index is 0.0291. The minimum Gasteiger partial charge on any atom is -0.358 e. The molecule has 84 valence electrons. The summed E-state index contributed by atoms with van der Waals surface area (Å²) >= 11 is 1.70. The molecule has 1 N–H and O–H groups in total. The number of aryl methyl sites for hydroxylation is 1. The highest BCUT2D eigenvalue weighted by molar-refractivity contribution is 8.02. The standard InChI is InChI=1S/C12H14N2OS/c1-10-4-2-3-5-11(10)13-12(15)8-14-6-7-16-9-14/h2-7H,8-9H2,1H3,(H,13,15).